The van der Waals surface area contributed by atoms with E-state index in [1.807, 2.05) is 42.5 Å². The summed E-state index contributed by atoms with van der Waals surface area (Å²) in [6, 6.07) is 13.9. The predicted molar refractivity (Wildman–Crippen MR) is 75.8 cm³/mol. The van der Waals surface area contributed by atoms with E-state index in [2.05, 4.69) is 10.6 Å². The first-order valence-electron chi connectivity index (χ1n) is 6.29. The third kappa shape index (κ3) is 3.53. The molecule has 0 aliphatic rings. The Balaban J connectivity index is 2.00. The molecule has 0 bridgehead atoms. The van der Waals surface area contributed by atoms with Crippen LogP contribution in [0.2, 0.25) is 0 Å². The molecule has 1 atom stereocenters. The van der Waals surface area contributed by atoms with Gasteiger partial charge < -0.3 is 15.7 Å². The van der Waals surface area contributed by atoms with Crippen LogP contribution in [0.4, 0.5) is 0 Å². The number of carbonyl (C=O) groups is 1. The first kappa shape index (κ1) is 13.5. The number of likely N-dealkylation sites (N-methyl/N-ethyl adjacent to an activating group) is 1. The number of hydrogen-bond acceptors (Lipinski definition) is 3. The minimum Gasteiger partial charge on any atom is -0.387 e. The molecule has 0 radical (unpaired) electrons. The molecular formula is C15H18N2O2. The van der Waals surface area contributed by atoms with Crippen LogP contribution in [0.25, 0.3) is 10.8 Å². The Bertz CT molecular complexity index is 569. The van der Waals surface area contributed by atoms with Crippen molar-refractivity contribution in [2.45, 2.75) is 6.10 Å². The van der Waals surface area contributed by atoms with Crippen molar-refractivity contribution in [1.82, 2.24) is 10.6 Å². The highest BCUT2D eigenvalue weighted by molar-refractivity contribution is 5.83. The molecule has 100 valence electrons. The van der Waals surface area contributed by atoms with Crippen molar-refractivity contribution in [1.29, 1.82) is 0 Å². The molecule has 4 nitrogen and oxygen atoms in total. The summed E-state index contributed by atoms with van der Waals surface area (Å²) in [6.45, 7) is 0.562. The van der Waals surface area contributed by atoms with Gasteiger partial charge in [0.25, 0.3) is 0 Å². The first-order chi connectivity index (χ1) is 9.20. The Hall–Kier alpha value is -1.91. The number of rotatable bonds is 5. The molecule has 0 saturated carbocycles. The summed E-state index contributed by atoms with van der Waals surface area (Å²) in [6.07, 6.45) is -0.616. The van der Waals surface area contributed by atoms with Crippen LogP contribution in [0.5, 0.6) is 0 Å². The molecule has 0 spiro atoms. The van der Waals surface area contributed by atoms with Crippen LogP contribution in [0.15, 0.2) is 42.5 Å². The van der Waals surface area contributed by atoms with Crippen LogP contribution >= 0.6 is 0 Å². The van der Waals surface area contributed by atoms with E-state index >= 15 is 0 Å². The van der Waals surface area contributed by atoms with Gasteiger partial charge in [-0.15, -0.1) is 0 Å². The lowest BCUT2D eigenvalue weighted by atomic mass is 10.0. The molecule has 2 aromatic carbocycles. The summed E-state index contributed by atoms with van der Waals surface area (Å²) in [4.78, 5) is 11.0. The fourth-order valence-electron chi connectivity index (χ4n) is 1.94. The summed E-state index contributed by atoms with van der Waals surface area (Å²) in [5.74, 6) is -0.0919. The SMILES string of the molecule is CNC(=O)CNCC(O)c1ccc2ccccc2c1. The van der Waals surface area contributed by atoms with Gasteiger partial charge in [0.1, 0.15) is 0 Å². The second-order valence-electron chi connectivity index (χ2n) is 4.43. The third-order valence-corrected chi connectivity index (χ3v) is 3.06. The van der Waals surface area contributed by atoms with Crippen LogP contribution in [0.1, 0.15) is 11.7 Å². The molecule has 1 amide bonds. The highest BCUT2D eigenvalue weighted by Crippen LogP contribution is 2.19. The summed E-state index contributed by atoms with van der Waals surface area (Å²) in [5.41, 5.74) is 0.850. The Morgan fingerprint density at radius 3 is 2.68 bits per heavy atom. The fraction of sp³-hybridized carbons (Fsp3) is 0.267. The van der Waals surface area contributed by atoms with Gasteiger partial charge in [-0.2, -0.15) is 0 Å². The van der Waals surface area contributed by atoms with E-state index in [4.69, 9.17) is 0 Å². The highest BCUT2D eigenvalue weighted by atomic mass is 16.3. The van der Waals surface area contributed by atoms with Crippen molar-refractivity contribution in [2.24, 2.45) is 0 Å². The Kier molecular flexibility index (Phi) is 4.49. The lowest BCUT2D eigenvalue weighted by Gasteiger charge is -2.12. The smallest absolute Gasteiger partial charge is 0.233 e. The maximum Gasteiger partial charge on any atom is 0.233 e. The molecule has 0 fully saturated rings. The van der Waals surface area contributed by atoms with Crippen molar-refractivity contribution in [3.05, 3.63) is 48.0 Å². The number of fused-ring (bicyclic) bond motifs is 1. The minimum absolute atomic E-state index is 0.0919. The molecular weight excluding hydrogens is 240 g/mol. The zero-order chi connectivity index (χ0) is 13.7. The van der Waals surface area contributed by atoms with Gasteiger partial charge in [-0.25, -0.2) is 0 Å². The fourth-order valence-corrected chi connectivity index (χ4v) is 1.94. The number of aliphatic hydroxyl groups excluding tert-OH is 1. The van der Waals surface area contributed by atoms with Gasteiger partial charge in [0.15, 0.2) is 0 Å². The van der Waals surface area contributed by atoms with Gasteiger partial charge in [0.05, 0.1) is 12.6 Å². The molecule has 0 aliphatic heterocycles. The number of benzene rings is 2. The standard InChI is InChI=1S/C15H18N2O2/c1-16-15(19)10-17-9-14(18)13-7-6-11-4-2-3-5-12(11)8-13/h2-8,14,17-18H,9-10H2,1H3,(H,16,19). The van der Waals surface area contributed by atoms with Crippen molar-refractivity contribution < 1.29 is 9.90 Å². The average molecular weight is 258 g/mol. The number of aliphatic hydroxyl groups is 1. The van der Waals surface area contributed by atoms with Crippen LogP contribution in [0.3, 0.4) is 0 Å². The second kappa shape index (κ2) is 6.31. The van der Waals surface area contributed by atoms with Crippen LogP contribution < -0.4 is 10.6 Å². The number of nitrogens with one attached hydrogen (secondary N) is 2. The van der Waals surface area contributed by atoms with Crippen LogP contribution in [0, 0.1) is 0 Å². The van der Waals surface area contributed by atoms with Gasteiger partial charge in [0.2, 0.25) is 5.91 Å². The summed E-state index contributed by atoms with van der Waals surface area (Å²) < 4.78 is 0. The molecule has 0 aliphatic carbocycles. The van der Waals surface area contributed by atoms with Crippen molar-refractivity contribution >= 4 is 16.7 Å². The van der Waals surface area contributed by atoms with Gasteiger partial charge in [-0.3, -0.25) is 4.79 Å². The van der Waals surface area contributed by atoms with Crippen LogP contribution in [-0.4, -0.2) is 31.2 Å². The third-order valence-electron chi connectivity index (χ3n) is 3.06. The second-order valence-corrected chi connectivity index (χ2v) is 4.43. The molecule has 2 aromatic rings. The molecule has 19 heavy (non-hydrogen) atoms. The van der Waals surface area contributed by atoms with Crippen molar-refractivity contribution in [3.8, 4) is 0 Å². The molecule has 2 rings (SSSR count). The minimum atomic E-state index is -0.616. The normalized spacial score (nSPS) is 12.3. The van der Waals surface area contributed by atoms with E-state index in [0.29, 0.717) is 6.54 Å². The van der Waals surface area contributed by atoms with E-state index in [1.165, 1.54) is 0 Å². The Labute approximate surface area is 112 Å². The van der Waals surface area contributed by atoms with Gasteiger partial charge in [-0.05, 0) is 22.4 Å². The molecule has 3 N–H and O–H groups in total. The van der Waals surface area contributed by atoms with Gasteiger partial charge >= 0.3 is 0 Å². The van der Waals surface area contributed by atoms with E-state index in [9.17, 15) is 9.90 Å². The highest BCUT2D eigenvalue weighted by Gasteiger charge is 2.08. The number of amides is 1. The monoisotopic (exact) mass is 258 g/mol. The Morgan fingerprint density at radius 2 is 1.95 bits per heavy atom. The first-order valence-corrected chi connectivity index (χ1v) is 6.29. The van der Waals surface area contributed by atoms with E-state index in [1.54, 1.807) is 7.05 Å². The topological polar surface area (TPSA) is 61.4 Å². The molecule has 1 unspecified atom stereocenters. The van der Waals surface area contributed by atoms with Crippen molar-refractivity contribution in [2.75, 3.05) is 20.1 Å². The van der Waals surface area contributed by atoms with E-state index in [-0.39, 0.29) is 12.5 Å². The van der Waals surface area contributed by atoms with Gasteiger partial charge in [-0.1, -0.05) is 36.4 Å². The summed E-state index contributed by atoms with van der Waals surface area (Å²) in [7, 11) is 1.59. The maximum absolute atomic E-state index is 11.0. The van der Waals surface area contributed by atoms with E-state index < -0.39 is 6.10 Å². The molecule has 0 saturated heterocycles. The number of hydrogen-bond donors (Lipinski definition) is 3. The summed E-state index contributed by atoms with van der Waals surface area (Å²) in [5, 5.41) is 17.8. The molecule has 0 heterocycles. The number of carbonyl (C=O) groups excluding carboxylic acids is 1. The van der Waals surface area contributed by atoms with E-state index in [0.717, 1.165) is 16.3 Å². The summed E-state index contributed by atoms with van der Waals surface area (Å²) >= 11 is 0. The predicted octanol–water partition coefficient (Wildman–Crippen LogP) is 1.21. The van der Waals surface area contributed by atoms with Crippen molar-refractivity contribution in [3.63, 3.8) is 0 Å². The zero-order valence-corrected chi connectivity index (χ0v) is 10.9. The quantitative estimate of drug-likeness (QED) is 0.755. The zero-order valence-electron chi connectivity index (χ0n) is 10.9. The van der Waals surface area contributed by atoms with Gasteiger partial charge in [0, 0.05) is 13.6 Å². The van der Waals surface area contributed by atoms with Crippen LogP contribution in [-0.2, 0) is 4.79 Å². The maximum atomic E-state index is 11.0. The largest absolute Gasteiger partial charge is 0.387 e. The average Bonchev–Trinajstić information content (AvgIpc) is 2.46. The lowest BCUT2D eigenvalue weighted by molar-refractivity contribution is -0.119. The lowest BCUT2D eigenvalue weighted by Crippen LogP contribution is -2.33. The Morgan fingerprint density at radius 1 is 1.21 bits per heavy atom. The molecule has 0 aromatic heterocycles. The molecule has 4 heteroatoms.